The molecule has 1 aliphatic heterocycles. The van der Waals surface area contributed by atoms with Crippen LogP contribution in [0.2, 0.25) is 0 Å². The summed E-state index contributed by atoms with van der Waals surface area (Å²) in [4.78, 5) is 32.0. The third kappa shape index (κ3) is 4.27. The molecule has 4 rings (SSSR count). The highest BCUT2D eigenvalue weighted by molar-refractivity contribution is 5.91. The zero-order valence-electron chi connectivity index (χ0n) is 18.1. The van der Waals surface area contributed by atoms with Gasteiger partial charge in [0.25, 0.3) is 0 Å². The number of carbonyl (C=O) groups is 2. The molecule has 0 unspecified atom stereocenters. The fourth-order valence-corrected chi connectivity index (χ4v) is 4.39. The SMILES string of the molecule is COCC(=O)N[C@@H]1CN(C(=O)C2(c3ccc(OC)cc3)CC2)CC[C@@H]1c1nc(C)no1. The fourth-order valence-electron chi connectivity index (χ4n) is 4.39. The van der Waals surface area contributed by atoms with Crippen molar-refractivity contribution < 1.29 is 23.6 Å². The number of carbonyl (C=O) groups excluding carboxylic acids is 2. The monoisotopic (exact) mass is 428 g/mol. The highest BCUT2D eigenvalue weighted by Gasteiger charge is 2.54. The van der Waals surface area contributed by atoms with E-state index in [1.54, 1.807) is 14.0 Å². The molecular formula is C22H28N4O5. The number of hydrogen-bond donors (Lipinski definition) is 1. The van der Waals surface area contributed by atoms with E-state index >= 15 is 0 Å². The molecule has 0 bridgehead atoms. The van der Waals surface area contributed by atoms with E-state index < -0.39 is 5.41 Å². The van der Waals surface area contributed by atoms with Crippen LogP contribution < -0.4 is 10.1 Å². The van der Waals surface area contributed by atoms with Gasteiger partial charge in [0.2, 0.25) is 17.7 Å². The molecule has 1 aromatic carbocycles. The number of aromatic nitrogens is 2. The van der Waals surface area contributed by atoms with Crippen LogP contribution >= 0.6 is 0 Å². The number of nitrogens with one attached hydrogen (secondary N) is 1. The zero-order chi connectivity index (χ0) is 22.0. The summed E-state index contributed by atoms with van der Waals surface area (Å²) in [5.41, 5.74) is 0.522. The number of aryl methyl sites for hydroxylation is 1. The standard InChI is InChI=1S/C22H28N4O5/c1-14-23-20(31-25-14)17-8-11-26(12-18(17)24-19(27)13-29-2)21(28)22(9-10-22)15-4-6-16(30-3)7-5-15/h4-7,17-18H,8-13H2,1-3H3,(H,24,27)/t17-,18+/m0/s1. The first-order valence-corrected chi connectivity index (χ1v) is 10.5. The fraction of sp³-hybridized carbons (Fsp3) is 0.545. The summed E-state index contributed by atoms with van der Waals surface area (Å²) in [5.74, 6) is 1.52. The van der Waals surface area contributed by atoms with Gasteiger partial charge in [0.05, 0.1) is 24.5 Å². The van der Waals surface area contributed by atoms with Crippen LogP contribution in [-0.4, -0.2) is 66.8 Å². The maximum Gasteiger partial charge on any atom is 0.246 e. The molecule has 1 saturated carbocycles. The molecular weight excluding hydrogens is 400 g/mol. The highest BCUT2D eigenvalue weighted by Crippen LogP contribution is 2.50. The predicted octanol–water partition coefficient (Wildman–Crippen LogP) is 1.57. The normalized spacial score (nSPS) is 22.1. The van der Waals surface area contributed by atoms with Gasteiger partial charge in [-0.1, -0.05) is 17.3 Å². The summed E-state index contributed by atoms with van der Waals surface area (Å²) in [6.07, 6.45) is 2.27. The summed E-state index contributed by atoms with van der Waals surface area (Å²) in [7, 11) is 3.10. The van der Waals surface area contributed by atoms with E-state index in [0.29, 0.717) is 31.2 Å². The first kappa shape index (κ1) is 21.3. The summed E-state index contributed by atoms with van der Waals surface area (Å²) in [5, 5.41) is 6.87. The van der Waals surface area contributed by atoms with Crippen molar-refractivity contribution in [3.05, 3.63) is 41.5 Å². The van der Waals surface area contributed by atoms with Crippen LogP contribution in [0, 0.1) is 6.92 Å². The molecule has 166 valence electrons. The first-order chi connectivity index (χ1) is 15.0. The Bertz CT molecular complexity index is 938. The average Bonchev–Trinajstić information content (AvgIpc) is 3.48. The lowest BCUT2D eigenvalue weighted by Gasteiger charge is -2.39. The minimum Gasteiger partial charge on any atom is -0.497 e. The van der Waals surface area contributed by atoms with E-state index in [2.05, 4.69) is 15.5 Å². The Kier molecular flexibility index (Phi) is 5.95. The van der Waals surface area contributed by atoms with Gasteiger partial charge in [-0.25, -0.2) is 0 Å². The molecule has 1 aromatic heterocycles. The van der Waals surface area contributed by atoms with Gasteiger partial charge in [-0.3, -0.25) is 9.59 Å². The van der Waals surface area contributed by atoms with Crippen molar-refractivity contribution in [2.75, 3.05) is 33.9 Å². The van der Waals surface area contributed by atoms with Crippen molar-refractivity contribution in [2.24, 2.45) is 0 Å². The second-order valence-electron chi connectivity index (χ2n) is 8.24. The molecule has 9 nitrogen and oxygen atoms in total. The average molecular weight is 428 g/mol. The summed E-state index contributed by atoms with van der Waals surface area (Å²) in [6, 6.07) is 7.39. The topological polar surface area (TPSA) is 107 Å². The Morgan fingerprint density at radius 2 is 2.00 bits per heavy atom. The van der Waals surface area contributed by atoms with Gasteiger partial charge in [0.15, 0.2) is 5.82 Å². The molecule has 2 heterocycles. The molecule has 1 N–H and O–H groups in total. The third-order valence-corrected chi connectivity index (χ3v) is 6.18. The van der Waals surface area contributed by atoms with Crippen LogP contribution in [0.15, 0.2) is 28.8 Å². The molecule has 2 fully saturated rings. The van der Waals surface area contributed by atoms with E-state index in [1.165, 1.54) is 7.11 Å². The number of methoxy groups -OCH3 is 2. The van der Waals surface area contributed by atoms with Gasteiger partial charge in [-0.15, -0.1) is 0 Å². The lowest BCUT2D eigenvalue weighted by molar-refractivity contribution is -0.137. The van der Waals surface area contributed by atoms with E-state index in [1.807, 2.05) is 29.2 Å². The minimum atomic E-state index is -0.485. The number of nitrogens with zero attached hydrogens (tertiary/aromatic N) is 3. The second kappa shape index (κ2) is 8.66. The van der Waals surface area contributed by atoms with E-state index in [0.717, 1.165) is 24.2 Å². The van der Waals surface area contributed by atoms with Crippen LogP contribution in [0.1, 0.15) is 42.5 Å². The maximum atomic E-state index is 13.5. The van der Waals surface area contributed by atoms with Crippen molar-refractivity contribution in [1.82, 2.24) is 20.4 Å². The number of likely N-dealkylation sites (tertiary alicyclic amines) is 1. The van der Waals surface area contributed by atoms with Crippen molar-refractivity contribution in [1.29, 1.82) is 0 Å². The molecule has 1 aliphatic carbocycles. The Morgan fingerprint density at radius 1 is 1.26 bits per heavy atom. The first-order valence-electron chi connectivity index (χ1n) is 10.5. The Balaban J connectivity index is 1.52. The van der Waals surface area contributed by atoms with Crippen molar-refractivity contribution in [3.63, 3.8) is 0 Å². The summed E-state index contributed by atoms with van der Waals surface area (Å²) < 4.78 is 15.6. The quantitative estimate of drug-likeness (QED) is 0.713. The van der Waals surface area contributed by atoms with Gasteiger partial charge >= 0.3 is 0 Å². The molecule has 2 aromatic rings. The Morgan fingerprint density at radius 3 is 2.58 bits per heavy atom. The molecule has 0 radical (unpaired) electrons. The lowest BCUT2D eigenvalue weighted by Crippen LogP contribution is -2.55. The molecule has 2 atom stereocenters. The molecule has 9 heteroatoms. The molecule has 2 amide bonds. The van der Waals surface area contributed by atoms with Gasteiger partial charge in [0, 0.05) is 20.2 Å². The van der Waals surface area contributed by atoms with E-state index in [-0.39, 0.29) is 30.4 Å². The summed E-state index contributed by atoms with van der Waals surface area (Å²) in [6.45, 7) is 2.67. The third-order valence-electron chi connectivity index (χ3n) is 6.18. The van der Waals surface area contributed by atoms with Crippen LogP contribution in [0.4, 0.5) is 0 Å². The number of ether oxygens (including phenoxy) is 2. The van der Waals surface area contributed by atoms with Crippen molar-refractivity contribution in [2.45, 2.75) is 43.6 Å². The Labute approximate surface area is 181 Å². The predicted molar refractivity (Wildman–Crippen MR) is 111 cm³/mol. The van der Waals surface area contributed by atoms with Crippen LogP contribution in [-0.2, 0) is 19.7 Å². The van der Waals surface area contributed by atoms with Gasteiger partial charge in [-0.05, 0) is 43.9 Å². The largest absolute Gasteiger partial charge is 0.497 e. The lowest BCUT2D eigenvalue weighted by atomic mass is 9.88. The van der Waals surface area contributed by atoms with Crippen LogP contribution in [0.25, 0.3) is 0 Å². The summed E-state index contributed by atoms with van der Waals surface area (Å²) >= 11 is 0. The van der Waals surface area contributed by atoms with Crippen molar-refractivity contribution in [3.8, 4) is 5.75 Å². The highest BCUT2D eigenvalue weighted by atomic mass is 16.5. The number of rotatable bonds is 7. The van der Waals surface area contributed by atoms with Gasteiger partial charge in [0.1, 0.15) is 12.4 Å². The molecule has 0 spiro atoms. The van der Waals surface area contributed by atoms with Gasteiger partial charge in [-0.2, -0.15) is 4.98 Å². The molecule has 2 aliphatic rings. The molecule has 1 saturated heterocycles. The van der Waals surface area contributed by atoms with Crippen molar-refractivity contribution >= 4 is 11.8 Å². The number of piperidine rings is 1. The van der Waals surface area contributed by atoms with E-state index in [4.69, 9.17) is 14.0 Å². The maximum absolute atomic E-state index is 13.5. The zero-order valence-corrected chi connectivity index (χ0v) is 18.1. The molecule has 31 heavy (non-hydrogen) atoms. The second-order valence-corrected chi connectivity index (χ2v) is 8.24. The number of hydrogen-bond acceptors (Lipinski definition) is 7. The van der Waals surface area contributed by atoms with Crippen LogP contribution in [0.3, 0.4) is 0 Å². The van der Waals surface area contributed by atoms with Gasteiger partial charge < -0.3 is 24.2 Å². The minimum absolute atomic E-state index is 0.0458. The van der Waals surface area contributed by atoms with E-state index in [9.17, 15) is 9.59 Å². The number of amides is 2. The smallest absolute Gasteiger partial charge is 0.246 e. The number of benzene rings is 1. The Hall–Kier alpha value is -2.94. The van der Waals surface area contributed by atoms with Crippen LogP contribution in [0.5, 0.6) is 5.75 Å².